The minimum Gasteiger partial charge on any atom is -0.361 e. The molecule has 2 heterocycles. The van der Waals surface area contributed by atoms with Crippen molar-refractivity contribution in [3.63, 3.8) is 0 Å². The number of hydrogen-bond donors (Lipinski definition) is 3. The Labute approximate surface area is 182 Å². The fourth-order valence-corrected chi connectivity index (χ4v) is 5.47. The monoisotopic (exact) mass is 443 g/mol. The van der Waals surface area contributed by atoms with Gasteiger partial charge in [-0.2, -0.15) is 0 Å². The van der Waals surface area contributed by atoms with Crippen LogP contribution in [-0.4, -0.2) is 59.0 Å². The lowest BCUT2D eigenvalue weighted by Gasteiger charge is -2.31. The van der Waals surface area contributed by atoms with E-state index in [-0.39, 0.29) is 29.8 Å². The summed E-state index contributed by atoms with van der Waals surface area (Å²) in [7, 11) is -2.99. The third-order valence-electron chi connectivity index (χ3n) is 5.83. The second-order valence-corrected chi connectivity index (χ2v) is 10.8. The van der Waals surface area contributed by atoms with Crippen LogP contribution in [0.15, 0.2) is 43.1 Å². The minimum atomic E-state index is -2.99. The Morgan fingerprint density at radius 2 is 2.00 bits per heavy atom. The molecule has 1 atom stereocenters. The number of benzene rings is 1. The SMILES string of the molecule is C[C@@H](CS(C)(=O)=O)N[C@H]1CC[C@H](NC(=O)c2cc(-n3ccnc3)cc3cc[nH]c23)CC1. The predicted octanol–water partition coefficient (Wildman–Crippen LogP) is 2.42. The molecule has 1 aromatic carbocycles. The van der Waals surface area contributed by atoms with E-state index in [4.69, 9.17) is 0 Å². The molecule has 166 valence electrons. The Morgan fingerprint density at radius 1 is 1.26 bits per heavy atom. The molecule has 2 aromatic heterocycles. The first-order valence-electron chi connectivity index (χ1n) is 10.6. The van der Waals surface area contributed by atoms with Gasteiger partial charge in [-0.25, -0.2) is 13.4 Å². The molecule has 0 aliphatic heterocycles. The van der Waals surface area contributed by atoms with Gasteiger partial charge in [-0.1, -0.05) is 0 Å². The van der Waals surface area contributed by atoms with Gasteiger partial charge < -0.3 is 20.2 Å². The summed E-state index contributed by atoms with van der Waals surface area (Å²) < 4.78 is 24.8. The first kappa shape index (κ1) is 21.6. The van der Waals surface area contributed by atoms with Crippen LogP contribution in [-0.2, 0) is 9.84 Å². The highest BCUT2D eigenvalue weighted by Crippen LogP contribution is 2.24. The van der Waals surface area contributed by atoms with Crippen molar-refractivity contribution in [3.05, 3.63) is 48.7 Å². The summed E-state index contributed by atoms with van der Waals surface area (Å²) in [6, 6.07) is 6.19. The standard InChI is InChI=1S/C22H29N5O3S/c1-15(13-31(2,29)30)25-17-3-5-18(6-4-17)26-22(28)20-12-19(27-10-9-23-14-27)11-16-7-8-24-21(16)20/h7-12,14-15,17-18,24-25H,3-6,13H2,1-2H3,(H,26,28)/t15-,17-,18-/m0/s1. The van der Waals surface area contributed by atoms with Crippen LogP contribution < -0.4 is 10.6 Å². The molecule has 1 aliphatic carbocycles. The Balaban J connectivity index is 1.40. The first-order chi connectivity index (χ1) is 14.8. The van der Waals surface area contributed by atoms with E-state index in [2.05, 4.69) is 20.6 Å². The molecule has 1 aliphatic rings. The number of hydrogen-bond acceptors (Lipinski definition) is 5. The van der Waals surface area contributed by atoms with E-state index < -0.39 is 9.84 Å². The number of rotatable bonds is 7. The summed E-state index contributed by atoms with van der Waals surface area (Å²) in [4.78, 5) is 20.4. The average molecular weight is 444 g/mol. The molecule has 0 spiro atoms. The Morgan fingerprint density at radius 3 is 2.68 bits per heavy atom. The molecule has 3 N–H and O–H groups in total. The summed E-state index contributed by atoms with van der Waals surface area (Å²) >= 11 is 0. The molecule has 0 saturated heterocycles. The van der Waals surface area contributed by atoms with E-state index >= 15 is 0 Å². The third-order valence-corrected chi connectivity index (χ3v) is 6.93. The minimum absolute atomic E-state index is 0.0711. The first-order valence-corrected chi connectivity index (χ1v) is 12.7. The number of imidazole rings is 1. The second-order valence-electron chi connectivity index (χ2n) is 8.59. The summed E-state index contributed by atoms with van der Waals surface area (Å²) in [5.74, 6) is 0.0551. The van der Waals surface area contributed by atoms with Crippen LogP contribution in [0, 0.1) is 0 Å². The Kier molecular flexibility index (Phi) is 6.15. The van der Waals surface area contributed by atoms with Crippen molar-refractivity contribution in [3.8, 4) is 5.69 Å². The van der Waals surface area contributed by atoms with Crippen LogP contribution in [0.3, 0.4) is 0 Å². The van der Waals surface area contributed by atoms with Gasteiger partial charge in [0.2, 0.25) is 0 Å². The van der Waals surface area contributed by atoms with Crippen LogP contribution in [0.4, 0.5) is 0 Å². The number of carbonyl (C=O) groups excluding carboxylic acids is 1. The van der Waals surface area contributed by atoms with Crippen LogP contribution in [0.2, 0.25) is 0 Å². The highest BCUT2D eigenvalue weighted by Gasteiger charge is 2.25. The molecule has 1 amide bonds. The van der Waals surface area contributed by atoms with Gasteiger partial charge in [-0.05, 0) is 50.8 Å². The van der Waals surface area contributed by atoms with Gasteiger partial charge in [0.1, 0.15) is 9.84 Å². The molecule has 3 aromatic rings. The van der Waals surface area contributed by atoms with Crippen LogP contribution in [0.1, 0.15) is 43.0 Å². The maximum Gasteiger partial charge on any atom is 0.253 e. The van der Waals surface area contributed by atoms with Gasteiger partial charge >= 0.3 is 0 Å². The number of sulfone groups is 1. The highest BCUT2D eigenvalue weighted by atomic mass is 32.2. The van der Waals surface area contributed by atoms with E-state index in [0.717, 1.165) is 42.3 Å². The van der Waals surface area contributed by atoms with Crippen molar-refractivity contribution < 1.29 is 13.2 Å². The summed E-state index contributed by atoms with van der Waals surface area (Å²) in [5, 5.41) is 7.59. The lowest BCUT2D eigenvalue weighted by Crippen LogP contribution is -2.46. The third kappa shape index (κ3) is 5.34. The number of nitrogens with one attached hydrogen (secondary N) is 3. The van der Waals surface area contributed by atoms with Gasteiger partial charge in [-0.15, -0.1) is 0 Å². The zero-order valence-corrected chi connectivity index (χ0v) is 18.7. The molecule has 4 rings (SSSR count). The van der Waals surface area contributed by atoms with Crippen molar-refractivity contribution >= 4 is 26.6 Å². The molecule has 9 heteroatoms. The number of nitrogens with zero attached hydrogens (tertiary/aromatic N) is 2. The zero-order valence-electron chi connectivity index (χ0n) is 17.8. The number of fused-ring (bicyclic) bond motifs is 1. The Bertz CT molecular complexity index is 1150. The quantitative estimate of drug-likeness (QED) is 0.520. The van der Waals surface area contributed by atoms with E-state index in [1.54, 1.807) is 12.5 Å². The maximum atomic E-state index is 13.1. The lowest BCUT2D eigenvalue weighted by atomic mass is 9.90. The molecular formula is C22H29N5O3S. The predicted molar refractivity (Wildman–Crippen MR) is 121 cm³/mol. The molecule has 31 heavy (non-hydrogen) atoms. The molecule has 0 bridgehead atoms. The van der Waals surface area contributed by atoms with E-state index in [1.807, 2.05) is 42.1 Å². The van der Waals surface area contributed by atoms with E-state index in [1.165, 1.54) is 6.26 Å². The number of aromatic nitrogens is 3. The highest BCUT2D eigenvalue weighted by molar-refractivity contribution is 7.90. The van der Waals surface area contributed by atoms with Gasteiger partial charge in [0.25, 0.3) is 5.91 Å². The summed E-state index contributed by atoms with van der Waals surface area (Å²) in [6.45, 7) is 1.91. The van der Waals surface area contributed by atoms with Gasteiger partial charge in [-0.3, -0.25) is 4.79 Å². The number of H-pyrrole nitrogens is 1. The van der Waals surface area contributed by atoms with Crippen LogP contribution in [0.25, 0.3) is 16.6 Å². The van der Waals surface area contributed by atoms with Crippen molar-refractivity contribution in [1.29, 1.82) is 0 Å². The zero-order chi connectivity index (χ0) is 22.0. The van der Waals surface area contributed by atoms with Crippen molar-refractivity contribution in [2.75, 3.05) is 12.0 Å². The molecule has 1 fully saturated rings. The summed E-state index contributed by atoms with van der Waals surface area (Å²) in [5.41, 5.74) is 2.34. The fraction of sp³-hybridized carbons (Fsp3) is 0.455. The number of aromatic amines is 1. The maximum absolute atomic E-state index is 13.1. The topological polar surface area (TPSA) is 109 Å². The normalized spacial score (nSPS) is 20.6. The lowest BCUT2D eigenvalue weighted by molar-refractivity contribution is 0.0925. The Hall–Kier alpha value is -2.65. The average Bonchev–Trinajstić information content (AvgIpc) is 3.39. The van der Waals surface area contributed by atoms with E-state index in [0.29, 0.717) is 5.56 Å². The summed E-state index contributed by atoms with van der Waals surface area (Å²) in [6.07, 6.45) is 11.9. The van der Waals surface area contributed by atoms with Crippen molar-refractivity contribution in [1.82, 2.24) is 25.2 Å². The van der Waals surface area contributed by atoms with Crippen LogP contribution >= 0.6 is 0 Å². The van der Waals surface area contributed by atoms with Crippen molar-refractivity contribution in [2.24, 2.45) is 0 Å². The van der Waals surface area contributed by atoms with Gasteiger partial charge in [0.05, 0.1) is 23.2 Å². The fourth-order valence-electron chi connectivity index (χ4n) is 4.47. The molecular weight excluding hydrogens is 414 g/mol. The molecule has 8 nitrogen and oxygen atoms in total. The smallest absolute Gasteiger partial charge is 0.253 e. The molecule has 0 unspecified atom stereocenters. The number of carbonyl (C=O) groups is 1. The second kappa shape index (κ2) is 8.84. The number of amides is 1. The molecule has 1 saturated carbocycles. The van der Waals surface area contributed by atoms with Gasteiger partial charge in [0, 0.05) is 54.0 Å². The largest absolute Gasteiger partial charge is 0.361 e. The van der Waals surface area contributed by atoms with Gasteiger partial charge in [0.15, 0.2) is 0 Å². The van der Waals surface area contributed by atoms with Crippen LogP contribution in [0.5, 0.6) is 0 Å². The molecule has 0 radical (unpaired) electrons. The van der Waals surface area contributed by atoms with Crippen molar-refractivity contribution in [2.45, 2.75) is 50.7 Å². The van der Waals surface area contributed by atoms with E-state index in [9.17, 15) is 13.2 Å².